The Hall–Kier alpha value is -4.27. The fourth-order valence-corrected chi connectivity index (χ4v) is 2.80. The van der Waals surface area contributed by atoms with Gasteiger partial charge in [-0.1, -0.05) is 6.07 Å². The second kappa shape index (κ2) is 8.00. The molecule has 9 heteroatoms. The predicted octanol–water partition coefficient (Wildman–Crippen LogP) is 3.97. The van der Waals surface area contributed by atoms with Crippen LogP contribution in [0.4, 0.5) is 5.69 Å². The molecule has 0 aliphatic heterocycles. The zero-order chi connectivity index (χ0) is 21.1. The van der Waals surface area contributed by atoms with E-state index in [1.807, 2.05) is 0 Å². The quantitative estimate of drug-likeness (QED) is 0.493. The third-order valence-electron chi connectivity index (χ3n) is 4.27. The number of carbonyl (C=O) groups is 1. The van der Waals surface area contributed by atoms with E-state index in [2.05, 4.69) is 15.5 Å². The van der Waals surface area contributed by atoms with Crippen molar-refractivity contribution >= 4 is 11.6 Å². The molecule has 0 radical (unpaired) electrons. The van der Waals surface area contributed by atoms with Crippen LogP contribution >= 0.6 is 0 Å². The summed E-state index contributed by atoms with van der Waals surface area (Å²) in [5.74, 6) is 0.675. The van der Waals surface area contributed by atoms with Gasteiger partial charge in [0, 0.05) is 16.8 Å². The van der Waals surface area contributed by atoms with Gasteiger partial charge in [0.2, 0.25) is 11.6 Å². The van der Waals surface area contributed by atoms with Crippen LogP contribution in [-0.2, 0) is 0 Å². The van der Waals surface area contributed by atoms with Crippen LogP contribution in [0.1, 0.15) is 10.4 Å². The number of amides is 1. The Bertz CT molecular complexity index is 1160. The zero-order valence-electron chi connectivity index (χ0n) is 16.1. The summed E-state index contributed by atoms with van der Waals surface area (Å²) in [5, 5.41) is 20.8. The number of hydrogen-bond acceptors (Lipinski definition) is 8. The zero-order valence-corrected chi connectivity index (χ0v) is 16.1. The van der Waals surface area contributed by atoms with Crippen LogP contribution in [0.3, 0.4) is 0 Å². The first kappa shape index (κ1) is 19.1. The Morgan fingerprint density at radius 2 is 1.73 bits per heavy atom. The molecule has 0 aliphatic rings. The van der Waals surface area contributed by atoms with Crippen molar-refractivity contribution in [1.29, 1.82) is 0 Å². The molecule has 0 fully saturated rings. The van der Waals surface area contributed by atoms with Gasteiger partial charge in [-0.15, -0.1) is 10.2 Å². The Kier molecular flexibility index (Phi) is 5.08. The Morgan fingerprint density at radius 3 is 2.40 bits per heavy atom. The molecule has 1 amide bonds. The van der Waals surface area contributed by atoms with E-state index in [1.54, 1.807) is 36.4 Å². The number of hydrogen-bond donors (Lipinski definition) is 2. The average Bonchev–Trinajstić information content (AvgIpc) is 3.46. The maximum Gasteiger partial charge on any atom is 0.283 e. The normalized spacial score (nSPS) is 10.6. The Morgan fingerprint density at radius 1 is 1.00 bits per heavy atom. The minimum Gasteiger partial charge on any atom is -0.502 e. The molecule has 9 nitrogen and oxygen atoms in total. The number of phenols is 1. The van der Waals surface area contributed by atoms with Crippen molar-refractivity contribution in [2.24, 2.45) is 0 Å². The molecule has 0 aliphatic carbocycles. The molecule has 0 saturated carbocycles. The summed E-state index contributed by atoms with van der Waals surface area (Å²) < 4.78 is 21.1. The Labute approximate surface area is 170 Å². The van der Waals surface area contributed by atoms with Crippen LogP contribution in [0.5, 0.6) is 17.2 Å². The summed E-state index contributed by atoms with van der Waals surface area (Å²) in [4.78, 5) is 12.7. The largest absolute Gasteiger partial charge is 0.502 e. The van der Waals surface area contributed by atoms with E-state index in [1.165, 1.54) is 32.6 Å². The van der Waals surface area contributed by atoms with Gasteiger partial charge < -0.3 is 28.7 Å². The second-order valence-corrected chi connectivity index (χ2v) is 6.15. The van der Waals surface area contributed by atoms with Crippen molar-refractivity contribution in [3.63, 3.8) is 0 Å². The highest BCUT2D eigenvalue weighted by Crippen LogP contribution is 2.37. The molecule has 0 atom stereocenters. The highest BCUT2D eigenvalue weighted by atomic mass is 16.5. The first-order chi connectivity index (χ1) is 14.6. The topological polar surface area (TPSA) is 120 Å². The first-order valence-electron chi connectivity index (χ1n) is 8.83. The van der Waals surface area contributed by atoms with E-state index in [0.717, 1.165) is 0 Å². The van der Waals surface area contributed by atoms with Crippen LogP contribution in [0, 0.1) is 0 Å². The van der Waals surface area contributed by atoms with Crippen molar-refractivity contribution in [2.45, 2.75) is 0 Å². The van der Waals surface area contributed by atoms with Crippen LogP contribution in [-0.4, -0.2) is 35.4 Å². The summed E-state index contributed by atoms with van der Waals surface area (Å²) in [7, 11) is 2.78. The van der Waals surface area contributed by atoms with Gasteiger partial charge in [0.25, 0.3) is 11.8 Å². The van der Waals surface area contributed by atoms with Gasteiger partial charge in [0.05, 0.1) is 20.5 Å². The average molecular weight is 407 g/mol. The van der Waals surface area contributed by atoms with Crippen LogP contribution in [0.25, 0.3) is 23.1 Å². The van der Waals surface area contributed by atoms with Crippen LogP contribution in [0.15, 0.2) is 63.6 Å². The number of ether oxygens (including phenoxy) is 2. The molecule has 4 aromatic rings. The molecule has 4 rings (SSSR count). The number of benzene rings is 2. The minimum absolute atomic E-state index is 0.129. The van der Waals surface area contributed by atoms with E-state index in [-0.39, 0.29) is 34.6 Å². The minimum atomic E-state index is -0.412. The molecular formula is C21H17N3O6. The summed E-state index contributed by atoms with van der Waals surface area (Å²) >= 11 is 0. The number of aromatic hydroxyl groups is 1. The highest BCUT2D eigenvalue weighted by molar-refractivity contribution is 6.05. The molecule has 0 bridgehead atoms. The van der Waals surface area contributed by atoms with Crippen molar-refractivity contribution in [3.8, 4) is 40.4 Å². The number of aromatic nitrogens is 2. The molecule has 2 heterocycles. The lowest BCUT2D eigenvalue weighted by atomic mass is 10.1. The third-order valence-corrected chi connectivity index (χ3v) is 4.27. The summed E-state index contributed by atoms with van der Waals surface area (Å²) in [6.07, 6.45) is 1.52. The van der Waals surface area contributed by atoms with Crippen molar-refractivity contribution < 1.29 is 28.2 Å². The van der Waals surface area contributed by atoms with Crippen LogP contribution in [0.2, 0.25) is 0 Å². The number of nitrogens with one attached hydrogen (secondary N) is 1. The molecule has 2 aromatic carbocycles. The number of carbonyl (C=O) groups excluding carboxylic acids is 1. The summed E-state index contributed by atoms with van der Waals surface area (Å²) in [5.41, 5.74) is 1.39. The molecule has 0 unspecified atom stereocenters. The van der Waals surface area contributed by atoms with E-state index >= 15 is 0 Å². The lowest BCUT2D eigenvalue weighted by molar-refractivity contribution is 0.102. The first-order valence-corrected chi connectivity index (χ1v) is 8.83. The smallest absolute Gasteiger partial charge is 0.283 e. The van der Waals surface area contributed by atoms with Gasteiger partial charge in [-0.05, 0) is 42.5 Å². The van der Waals surface area contributed by atoms with E-state index in [0.29, 0.717) is 17.0 Å². The molecular weight excluding hydrogens is 390 g/mol. The van der Waals surface area contributed by atoms with E-state index in [9.17, 15) is 9.90 Å². The number of phenolic OH excluding ortho intramolecular Hbond substituents is 1. The number of furan rings is 1. The fraction of sp³-hybridized carbons (Fsp3) is 0.0952. The molecule has 0 spiro atoms. The van der Waals surface area contributed by atoms with Crippen molar-refractivity contribution in [3.05, 3.63) is 60.4 Å². The SMILES string of the molecule is COc1cc(C(=O)Nc2cccc(-c3nnc(-c4ccco4)o3)c2)cc(OC)c1O. The van der Waals surface area contributed by atoms with Crippen molar-refractivity contribution in [2.75, 3.05) is 19.5 Å². The van der Waals surface area contributed by atoms with E-state index < -0.39 is 5.91 Å². The maximum atomic E-state index is 12.7. The maximum absolute atomic E-state index is 12.7. The second-order valence-electron chi connectivity index (χ2n) is 6.15. The lowest BCUT2D eigenvalue weighted by Gasteiger charge is -2.11. The lowest BCUT2D eigenvalue weighted by Crippen LogP contribution is -2.12. The number of rotatable bonds is 6. The molecule has 152 valence electrons. The van der Waals surface area contributed by atoms with Gasteiger partial charge in [-0.2, -0.15) is 0 Å². The fourth-order valence-electron chi connectivity index (χ4n) is 2.80. The third kappa shape index (κ3) is 3.68. The van der Waals surface area contributed by atoms with Gasteiger partial charge in [-0.25, -0.2) is 0 Å². The predicted molar refractivity (Wildman–Crippen MR) is 107 cm³/mol. The van der Waals surface area contributed by atoms with Gasteiger partial charge in [-0.3, -0.25) is 4.79 Å². The monoisotopic (exact) mass is 407 g/mol. The summed E-state index contributed by atoms with van der Waals surface area (Å²) in [6, 6.07) is 13.2. The highest BCUT2D eigenvalue weighted by Gasteiger charge is 2.17. The standard InChI is InChI=1S/C21H17N3O6/c1-27-16-10-13(11-17(28-2)18(16)25)19(26)22-14-6-3-5-12(9-14)20-23-24-21(30-20)15-7-4-8-29-15/h3-11,25H,1-2H3,(H,22,26). The number of methoxy groups -OCH3 is 2. The van der Waals surface area contributed by atoms with E-state index in [4.69, 9.17) is 18.3 Å². The molecule has 30 heavy (non-hydrogen) atoms. The Balaban J connectivity index is 1.57. The summed E-state index contributed by atoms with van der Waals surface area (Å²) in [6.45, 7) is 0. The van der Waals surface area contributed by atoms with Gasteiger partial charge in [0.1, 0.15) is 0 Å². The molecule has 2 aromatic heterocycles. The number of anilines is 1. The molecule has 0 saturated heterocycles. The molecule has 2 N–H and O–H groups in total. The number of nitrogens with zero attached hydrogens (tertiary/aromatic N) is 2. The van der Waals surface area contributed by atoms with Gasteiger partial charge in [0.15, 0.2) is 17.3 Å². The van der Waals surface area contributed by atoms with Crippen LogP contribution < -0.4 is 14.8 Å². The van der Waals surface area contributed by atoms with Crippen molar-refractivity contribution in [1.82, 2.24) is 10.2 Å². The van der Waals surface area contributed by atoms with Gasteiger partial charge >= 0.3 is 0 Å².